The summed E-state index contributed by atoms with van der Waals surface area (Å²) in [5.41, 5.74) is 8.32. The van der Waals surface area contributed by atoms with Crippen molar-refractivity contribution in [2.24, 2.45) is 5.73 Å². The molecule has 1 aromatic heterocycles. The summed E-state index contributed by atoms with van der Waals surface area (Å²) in [5, 5.41) is 10.2. The van der Waals surface area contributed by atoms with Crippen LogP contribution in [0.3, 0.4) is 0 Å². The molecule has 30 heavy (non-hydrogen) atoms. The van der Waals surface area contributed by atoms with Gasteiger partial charge in [-0.25, -0.2) is 9.18 Å². The number of carbonyl (C=O) groups excluding carboxylic acids is 1. The molecule has 0 aliphatic rings. The Labute approximate surface area is 171 Å². The summed E-state index contributed by atoms with van der Waals surface area (Å²) in [6.45, 7) is 0.0157. The normalized spacial score (nSPS) is 11.1. The first kappa shape index (κ1) is 19.4. The van der Waals surface area contributed by atoms with Crippen LogP contribution in [-0.2, 0) is 17.8 Å². The van der Waals surface area contributed by atoms with Crippen LogP contribution in [0.1, 0.15) is 15.9 Å². The molecule has 0 aliphatic heterocycles. The molecule has 0 saturated heterocycles. The summed E-state index contributed by atoms with van der Waals surface area (Å²) in [5.74, 6) is -1.62. The van der Waals surface area contributed by atoms with Gasteiger partial charge in [0.05, 0.1) is 16.4 Å². The lowest BCUT2D eigenvalue weighted by atomic mass is 10.1. The number of amides is 1. The lowest BCUT2D eigenvalue weighted by Gasteiger charge is -2.09. The minimum Gasteiger partial charge on any atom is -0.481 e. The zero-order valence-corrected chi connectivity index (χ0v) is 16.0. The van der Waals surface area contributed by atoms with Crippen molar-refractivity contribution in [3.8, 4) is 5.75 Å². The molecule has 0 unspecified atom stereocenters. The van der Waals surface area contributed by atoms with Gasteiger partial charge in [-0.3, -0.25) is 4.79 Å². The summed E-state index contributed by atoms with van der Waals surface area (Å²) >= 11 is 0. The average Bonchev–Trinajstić information content (AvgIpc) is 3.05. The van der Waals surface area contributed by atoms with E-state index in [-0.39, 0.29) is 5.82 Å². The molecular formula is C23H19FN2O4. The highest BCUT2D eigenvalue weighted by Crippen LogP contribution is 2.37. The number of nitrogens with zero attached hydrogens (tertiary/aromatic N) is 1. The third-order valence-electron chi connectivity index (χ3n) is 5.01. The minimum atomic E-state index is -1.10. The van der Waals surface area contributed by atoms with Crippen molar-refractivity contribution in [2.75, 3.05) is 6.61 Å². The largest absolute Gasteiger partial charge is 0.481 e. The Morgan fingerprint density at radius 2 is 1.70 bits per heavy atom. The highest BCUT2D eigenvalue weighted by molar-refractivity contribution is 6.19. The van der Waals surface area contributed by atoms with Crippen LogP contribution >= 0.6 is 0 Å². The molecule has 152 valence electrons. The van der Waals surface area contributed by atoms with Crippen LogP contribution < -0.4 is 10.5 Å². The molecule has 0 fully saturated rings. The molecule has 0 bridgehead atoms. The number of fused-ring (bicyclic) bond motifs is 3. The number of hydrogen-bond donors (Lipinski definition) is 2. The maximum Gasteiger partial charge on any atom is 0.341 e. The van der Waals surface area contributed by atoms with Gasteiger partial charge in [-0.1, -0.05) is 24.3 Å². The van der Waals surface area contributed by atoms with Gasteiger partial charge >= 0.3 is 5.97 Å². The summed E-state index contributed by atoms with van der Waals surface area (Å²) in [4.78, 5) is 23.1. The van der Waals surface area contributed by atoms with Crippen LogP contribution in [0.25, 0.3) is 21.8 Å². The Morgan fingerprint density at radius 1 is 1.00 bits per heavy atom. The van der Waals surface area contributed by atoms with E-state index in [1.807, 2.05) is 22.8 Å². The molecule has 4 aromatic rings. The number of benzene rings is 3. The number of aromatic nitrogens is 1. The second kappa shape index (κ2) is 7.87. The molecule has 4 rings (SSSR count). The van der Waals surface area contributed by atoms with E-state index in [4.69, 9.17) is 15.6 Å². The van der Waals surface area contributed by atoms with Crippen LogP contribution in [-0.4, -0.2) is 28.2 Å². The second-order valence-corrected chi connectivity index (χ2v) is 6.93. The van der Waals surface area contributed by atoms with Crippen molar-refractivity contribution in [3.63, 3.8) is 0 Å². The first-order valence-electron chi connectivity index (χ1n) is 9.38. The van der Waals surface area contributed by atoms with E-state index in [9.17, 15) is 14.0 Å². The van der Waals surface area contributed by atoms with Crippen molar-refractivity contribution in [1.82, 2.24) is 4.57 Å². The van der Waals surface area contributed by atoms with Crippen LogP contribution in [0.15, 0.2) is 60.7 Å². The van der Waals surface area contributed by atoms with Gasteiger partial charge in [0, 0.05) is 17.5 Å². The van der Waals surface area contributed by atoms with Crippen LogP contribution in [0.2, 0.25) is 0 Å². The molecule has 0 aliphatic carbocycles. The molecular weight excluding hydrogens is 387 g/mol. The van der Waals surface area contributed by atoms with Crippen molar-refractivity contribution in [1.29, 1.82) is 0 Å². The number of hydrogen-bond acceptors (Lipinski definition) is 3. The van der Waals surface area contributed by atoms with Crippen molar-refractivity contribution >= 4 is 33.7 Å². The Morgan fingerprint density at radius 3 is 2.40 bits per heavy atom. The Kier molecular flexibility index (Phi) is 5.10. The zero-order chi connectivity index (χ0) is 21.3. The topological polar surface area (TPSA) is 94.6 Å². The molecule has 0 atom stereocenters. The van der Waals surface area contributed by atoms with Gasteiger partial charge in [0.25, 0.3) is 0 Å². The predicted molar refractivity (Wildman–Crippen MR) is 111 cm³/mol. The standard InChI is InChI=1S/C23H19FN2O4/c24-15-5-1-4-14(12-15)10-11-26-17-7-2-6-16(23(25)29)21(17)22-18(26)8-3-9-19(22)30-13-20(27)28/h1-9,12H,10-11,13H2,(H2,25,29)(H,27,28). The SMILES string of the molecule is NC(=O)c1cccc2c1c1c(OCC(=O)O)cccc1n2CCc1cccc(F)c1. The summed E-state index contributed by atoms with van der Waals surface area (Å²) in [6, 6.07) is 17.0. The predicted octanol–water partition coefficient (Wildman–Crippen LogP) is 3.74. The van der Waals surface area contributed by atoms with Gasteiger partial charge in [0.15, 0.2) is 6.61 Å². The molecule has 0 spiro atoms. The van der Waals surface area contributed by atoms with Crippen LogP contribution in [0.4, 0.5) is 4.39 Å². The smallest absolute Gasteiger partial charge is 0.341 e. The van der Waals surface area contributed by atoms with E-state index in [0.29, 0.717) is 35.1 Å². The number of aryl methyl sites for hydroxylation is 2. The lowest BCUT2D eigenvalue weighted by Crippen LogP contribution is -2.11. The number of aliphatic carboxylic acids is 1. The van der Waals surface area contributed by atoms with E-state index >= 15 is 0 Å². The van der Waals surface area contributed by atoms with E-state index < -0.39 is 18.5 Å². The molecule has 7 heteroatoms. The number of carboxylic acids is 1. The monoisotopic (exact) mass is 406 g/mol. The summed E-state index contributed by atoms with van der Waals surface area (Å²) in [7, 11) is 0. The molecule has 6 nitrogen and oxygen atoms in total. The van der Waals surface area contributed by atoms with Gasteiger partial charge in [-0.2, -0.15) is 0 Å². The number of primary amides is 1. The lowest BCUT2D eigenvalue weighted by molar-refractivity contribution is -0.139. The Bertz CT molecular complexity index is 1280. The molecule has 0 radical (unpaired) electrons. The maximum atomic E-state index is 13.6. The minimum absolute atomic E-state index is 0.296. The average molecular weight is 406 g/mol. The first-order valence-corrected chi connectivity index (χ1v) is 9.38. The van der Waals surface area contributed by atoms with Crippen molar-refractivity contribution < 1.29 is 23.8 Å². The summed E-state index contributed by atoms with van der Waals surface area (Å²) < 4.78 is 21.1. The number of ether oxygens (including phenoxy) is 1. The molecule has 1 heterocycles. The Hall–Kier alpha value is -3.87. The highest BCUT2D eigenvalue weighted by atomic mass is 19.1. The van der Waals surface area contributed by atoms with E-state index in [1.165, 1.54) is 12.1 Å². The first-order chi connectivity index (χ1) is 14.5. The number of rotatable bonds is 7. The van der Waals surface area contributed by atoms with Crippen molar-refractivity contribution in [3.05, 3.63) is 77.6 Å². The van der Waals surface area contributed by atoms with Crippen LogP contribution in [0.5, 0.6) is 5.75 Å². The number of halogens is 1. The highest BCUT2D eigenvalue weighted by Gasteiger charge is 2.19. The van der Waals surface area contributed by atoms with Gasteiger partial charge < -0.3 is 20.1 Å². The maximum absolute atomic E-state index is 13.6. The van der Waals surface area contributed by atoms with Crippen LogP contribution in [0, 0.1) is 5.82 Å². The van der Waals surface area contributed by atoms with Gasteiger partial charge in [0.1, 0.15) is 11.6 Å². The molecule has 3 aromatic carbocycles. The van der Waals surface area contributed by atoms with Gasteiger partial charge in [-0.05, 0) is 48.4 Å². The molecule has 3 N–H and O–H groups in total. The quantitative estimate of drug-likeness (QED) is 0.489. The fourth-order valence-corrected chi connectivity index (χ4v) is 3.79. The Balaban J connectivity index is 1.90. The number of nitrogens with two attached hydrogens (primary N) is 1. The fraction of sp³-hybridized carbons (Fsp3) is 0.130. The molecule has 0 saturated carbocycles. The van der Waals surface area contributed by atoms with E-state index in [2.05, 4.69) is 0 Å². The molecule has 1 amide bonds. The number of carbonyl (C=O) groups is 2. The third-order valence-corrected chi connectivity index (χ3v) is 5.01. The van der Waals surface area contributed by atoms with E-state index in [1.54, 1.807) is 30.3 Å². The van der Waals surface area contributed by atoms with Gasteiger partial charge in [0.2, 0.25) is 5.91 Å². The fourth-order valence-electron chi connectivity index (χ4n) is 3.79. The number of carboxylic acid groups (broad SMARTS) is 1. The van der Waals surface area contributed by atoms with Crippen molar-refractivity contribution in [2.45, 2.75) is 13.0 Å². The third kappa shape index (κ3) is 3.57. The van der Waals surface area contributed by atoms with Gasteiger partial charge in [-0.15, -0.1) is 0 Å². The zero-order valence-electron chi connectivity index (χ0n) is 16.0. The second-order valence-electron chi connectivity index (χ2n) is 6.93. The van der Waals surface area contributed by atoms with E-state index in [0.717, 1.165) is 16.6 Å². The summed E-state index contributed by atoms with van der Waals surface area (Å²) in [6.07, 6.45) is 0.567.